The monoisotopic (exact) mass is 356 g/mol. The minimum atomic E-state index is -2.81. The largest absolute Gasteiger partial charge is 0.496 e. The maximum atomic E-state index is 12.1. The van der Waals surface area contributed by atoms with Gasteiger partial charge in [0.25, 0.3) is 0 Å². The first-order valence-electron chi connectivity index (χ1n) is 6.34. The summed E-state index contributed by atoms with van der Waals surface area (Å²) < 4.78 is 34.0. The van der Waals surface area contributed by atoms with Crippen molar-refractivity contribution in [3.05, 3.63) is 59.2 Å². The Morgan fingerprint density at radius 3 is 2.29 bits per heavy atom. The molecule has 0 radical (unpaired) electrons. The normalized spacial score (nSPS) is 12.3. The van der Waals surface area contributed by atoms with Gasteiger partial charge < -0.3 is 9.47 Å². The Kier molecular flexibility index (Phi) is 5.17. The van der Waals surface area contributed by atoms with E-state index in [1.807, 2.05) is 25.1 Å². The Bertz CT molecular complexity index is 600. The van der Waals surface area contributed by atoms with Crippen molar-refractivity contribution in [1.82, 2.24) is 0 Å². The first-order valence-corrected chi connectivity index (χ1v) is 7.26. The highest BCUT2D eigenvalue weighted by Gasteiger charge is 2.16. The molecule has 0 spiro atoms. The Hall–Kier alpha value is -1.62. The van der Waals surface area contributed by atoms with Gasteiger partial charge in [-0.25, -0.2) is 0 Å². The second kappa shape index (κ2) is 6.89. The molecule has 112 valence electrons. The Labute approximate surface area is 130 Å². The number of alkyl halides is 3. The fraction of sp³-hybridized carbons (Fsp3) is 0.250. The topological polar surface area (TPSA) is 18.5 Å². The highest BCUT2D eigenvalue weighted by atomic mass is 79.9. The van der Waals surface area contributed by atoms with Crippen molar-refractivity contribution in [2.24, 2.45) is 0 Å². The second-order valence-corrected chi connectivity index (χ2v) is 5.47. The molecule has 21 heavy (non-hydrogen) atoms. The summed E-state index contributed by atoms with van der Waals surface area (Å²) in [5.74, 6) is 0.917. The van der Waals surface area contributed by atoms with Gasteiger partial charge in [-0.1, -0.05) is 45.8 Å². The number of hydrogen-bond acceptors (Lipinski definition) is 2. The highest BCUT2D eigenvalue weighted by Crippen LogP contribution is 2.37. The van der Waals surface area contributed by atoms with Crippen LogP contribution in [0.4, 0.5) is 8.78 Å². The third-order valence-electron chi connectivity index (χ3n) is 3.06. The molecular weight excluding hydrogens is 342 g/mol. The van der Waals surface area contributed by atoms with E-state index >= 15 is 0 Å². The molecule has 0 amide bonds. The van der Waals surface area contributed by atoms with Crippen molar-refractivity contribution in [2.45, 2.75) is 18.4 Å². The van der Waals surface area contributed by atoms with Gasteiger partial charge in [0, 0.05) is 5.56 Å². The molecule has 2 rings (SSSR count). The van der Waals surface area contributed by atoms with Crippen LogP contribution in [0.15, 0.2) is 42.5 Å². The summed E-state index contributed by atoms with van der Waals surface area (Å²) in [6.45, 7) is -0.810. The van der Waals surface area contributed by atoms with Gasteiger partial charge in [-0.05, 0) is 30.7 Å². The molecule has 2 aromatic carbocycles. The minimum Gasteiger partial charge on any atom is -0.496 e. The van der Waals surface area contributed by atoms with Crippen LogP contribution in [0.25, 0.3) is 0 Å². The van der Waals surface area contributed by atoms with Crippen LogP contribution in [0.2, 0.25) is 0 Å². The molecule has 0 aliphatic carbocycles. The predicted molar refractivity (Wildman–Crippen MR) is 81.6 cm³/mol. The zero-order valence-corrected chi connectivity index (χ0v) is 13.2. The molecular formula is C16H15BrF2O2. The Morgan fingerprint density at radius 1 is 1.05 bits per heavy atom. The minimum absolute atomic E-state index is 0.0899. The number of benzene rings is 2. The summed E-state index contributed by atoms with van der Waals surface area (Å²) in [5.41, 5.74) is 3.04. The van der Waals surface area contributed by atoms with Crippen LogP contribution in [-0.4, -0.2) is 13.7 Å². The van der Waals surface area contributed by atoms with E-state index in [2.05, 4.69) is 20.7 Å². The van der Waals surface area contributed by atoms with Crippen LogP contribution in [0.1, 0.15) is 21.5 Å². The summed E-state index contributed by atoms with van der Waals surface area (Å²) >= 11 is 3.63. The van der Waals surface area contributed by atoms with Gasteiger partial charge in [-0.3, -0.25) is 0 Å². The van der Waals surface area contributed by atoms with Crippen molar-refractivity contribution in [2.75, 3.05) is 7.11 Å². The van der Waals surface area contributed by atoms with Gasteiger partial charge in [0.05, 0.1) is 11.9 Å². The van der Waals surface area contributed by atoms with Gasteiger partial charge in [-0.2, -0.15) is 8.78 Å². The fourth-order valence-electron chi connectivity index (χ4n) is 2.05. The molecule has 1 atom stereocenters. The number of hydrogen-bond donors (Lipinski definition) is 0. The Balaban J connectivity index is 2.27. The molecule has 0 bridgehead atoms. The van der Waals surface area contributed by atoms with E-state index < -0.39 is 6.61 Å². The lowest BCUT2D eigenvalue weighted by Crippen LogP contribution is -2.02. The van der Waals surface area contributed by atoms with E-state index in [0.29, 0.717) is 0 Å². The number of halogens is 3. The first kappa shape index (κ1) is 15.8. The van der Waals surface area contributed by atoms with Crippen LogP contribution in [0.5, 0.6) is 11.5 Å². The zero-order valence-electron chi connectivity index (χ0n) is 11.6. The summed E-state index contributed by atoms with van der Waals surface area (Å²) in [6.07, 6.45) is 0. The molecule has 2 aromatic rings. The van der Waals surface area contributed by atoms with Crippen molar-refractivity contribution < 1.29 is 18.3 Å². The summed E-state index contributed by atoms with van der Waals surface area (Å²) in [4.78, 5) is -0.0899. The fourth-order valence-corrected chi connectivity index (χ4v) is 2.71. The van der Waals surface area contributed by atoms with Crippen LogP contribution < -0.4 is 9.47 Å². The summed E-state index contributed by atoms with van der Waals surface area (Å²) in [7, 11) is 1.62. The van der Waals surface area contributed by atoms with Gasteiger partial charge >= 0.3 is 6.61 Å². The van der Waals surface area contributed by atoms with E-state index in [0.717, 1.165) is 22.4 Å². The number of aryl methyl sites for hydroxylation is 1. The quantitative estimate of drug-likeness (QED) is 0.694. The third kappa shape index (κ3) is 3.94. The van der Waals surface area contributed by atoms with E-state index in [4.69, 9.17) is 4.74 Å². The molecule has 0 saturated carbocycles. The molecule has 0 saturated heterocycles. The van der Waals surface area contributed by atoms with E-state index in [1.54, 1.807) is 19.2 Å². The number of methoxy groups -OCH3 is 1. The van der Waals surface area contributed by atoms with E-state index in [9.17, 15) is 8.78 Å². The van der Waals surface area contributed by atoms with Crippen LogP contribution >= 0.6 is 15.9 Å². The average molecular weight is 357 g/mol. The molecule has 0 N–H and O–H groups in total. The predicted octanol–water partition coefficient (Wildman–Crippen LogP) is 5.09. The smallest absolute Gasteiger partial charge is 0.387 e. The summed E-state index contributed by atoms with van der Waals surface area (Å²) in [6, 6.07) is 12.5. The zero-order chi connectivity index (χ0) is 15.4. The Morgan fingerprint density at radius 2 is 1.71 bits per heavy atom. The third-order valence-corrected chi connectivity index (χ3v) is 4.08. The van der Waals surface area contributed by atoms with Gasteiger partial charge in [0.1, 0.15) is 11.5 Å². The van der Waals surface area contributed by atoms with Gasteiger partial charge in [0.15, 0.2) is 0 Å². The lowest BCUT2D eigenvalue weighted by atomic mass is 10.0. The van der Waals surface area contributed by atoms with Crippen LogP contribution in [0.3, 0.4) is 0 Å². The first-order chi connectivity index (χ1) is 10.0. The lowest BCUT2D eigenvalue weighted by Gasteiger charge is -2.16. The number of rotatable bonds is 5. The number of ether oxygens (including phenoxy) is 2. The van der Waals surface area contributed by atoms with Crippen LogP contribution in [0, 0.1) is 6.92 Å². The van der Waals surface area contributed by atoms with Crippen molar-refractivity contribution >= 4 is 15.9 Å². The van der Waals surface area contributed by atoms with E-state index in [-0.39, 0.29) is 10.6 Å². The lowest BCUT2D eigenvalue weighted by molar-refractivity contribution is -0.0498. The maximum Gasteiger partial charge on any atom is 0.387 e. The van der Waals surface area contributed by atoms with Crippen molar-refractivity contribution in [3.63, 3.8) is 0 Å². The van der Waals surface area contributed by atoms with Crippen molar-refractivity contribution in [1.29, 1.82) is 0 Å². The molecule has 2 nitrogen and oxygen atoms in total. The standard InChI is InChI=1S/C16H15BrF2O2/c1-10-3-8-14(20-2)13(9-10)15(17)11-4-6-12(7-5-11)21-16(18)19/h3-9,15-16H,1-2H3. The van der Waals surface area contributed by atoms with Gasteiger partial charge in [0.2, 0.25) is 0 Å². The molecule has 0 fully saturated rings. The van der Waals surface area contributed by atoms with E-state index in [1.165, 1.54) is 12.1 Å². The molecule has 5 heteroatoms. The average Bonchev–Trinajstić information content (AvgIpc) is 2.46. The van der Waals surface area contributed by atoms with Gasteiger partial charge in [-0.15, -0.1) is 0 Å². The highest BCUT2D eigenvalue weighted by molar-refractivity contribution is 9.09. The van der Waals surface area contributed by atoms with Crippen molar-refractivity contribution in [3.8, 4) is 11.5 Å². The molecule has 0 aromatic heterocycles. The van der Waals surface area contributed by atoms with Crippen LogP contribution in [-0.2, 0) is 0 Å². The maximum absolute atomic E-state index is 12.1. The molecule has 1 unspecified atom stereocenters. The molecule has 0 heterocycles. The SMILES string of the molecule is COc1ccc(C)cc1C(Br)c1ccc(OC(F)F)cc1. The molecule has 0 aliphatic rings. The molecule has 0 aliphatic heterocycles. The second-order valence-electron chi connectivity index (χ2n) is 4.56. The summed E-state index contributed by atoms with van der Waals surface area (Å²) in [5, 5.41) is 0.